The maximum Gasteiger partial charge on any atom is 0.417 e. The summed E-state index contributed by atoms with van der Waals surface area (Å²) in [6, 6.07) is 5.79. The van der Waals surface area contributed by atoms with E-state index in [1.807, 2.05) is 0 Å². The van der Waals surface area contributed by atoms with Gasteiger partial charge in [0.1, 0.15) is 11.6 Å². The molecule has 1 saturated heterocycles. The number of primary amides is 1. The van der Waals surface area contributed by atoms with E-state index in [1.165, 1.54) is 24.4 Å². The number of alkyl halides is 5. The number of carbonyl (C=O) groups excluding carboxylic acids is 1. The van der Waals surface area contributed by atoms with Gasteiger partial charge in [-0.2, -0.15) is 13.2 Å². The van der Waals surface area contributed by atoms with Gasteiger partial charge in [0.25, 0.3) is 12.3 Å². The molecule has 32 heavy (non-hydrogen) atoms. The summed E-state index contributed by atoms with van der Waals surface area (Å²) >= 11 is 0. The first kappa shape index (κ1) is 23.8. The molecule has 3 rings (SSSR count). The van der Waals surface area contributed by atoms with Crippen molar-refractivity contribution in [1.82, 2.24) is 4.98 Å². The lowest BCUT2D eigenvalue weighted by molar-refractivity contribution is -0.285. The molecule has 4 atom stereocenters. The smallest absolute Gasteiger partial charge is 0.417 e. The summed E-state index contributed by atoms with van der Waals surface area (Å²) in [7, 11) is 0.973. The maximum atomic E-state index is 14.2. The number of hydrogen-bond donors (Lipinski definition) is 1. The van der Waals surface area contributed by atoms with Crippen LogP contribution < -0.4 is 10.5 Å². The van der Waals surface area contributed by atoms with E-state index in [4.69, 9.17) is 15.2 Å². The third kappa shape index (κ3) is 3.30. The van der Waals surface area contributed by atoms with Crippen molar-refractivity contribution in [1.29, 1.82) is 0 Å². The van der Waals surface area contributed by atoms with Crippen molar-refractivity contribution in [2.24, 2.45) is 11.7 Å². The van der Waals surface area contributed by atoms with Crippen LogP contribution >= 0.6 is 0 Å². The van der Waals surface area contributed by atoms with Gasteiger partial charge in [0, 0.05) is 23.6 Å². The molecule has 174 valence electrons. The van der Waals surface area contributed by atoms with Crippen LogP contribution in [0.2, 0.25) is 0 Å². The Balaban J connectivity index is 2.43. The van der Waals surface area contributed by atoms with Crippen LogP contribution in [0.4, 0.5) is 26.3 Å². The monoisotopic (exact) mass is 462 g/mol. The molecule has 1 aliphatic rings. The lowest BCUT2D eigenvalue weighted by Gasteiger charge is -2.34. The Hall–Kier alpha value is -2.82. The molecule has 1 aromatic carbocycles. The van der Waals surface area contributed by atoms with Crippen LogP contribution in [0, 0.1) is 11.7 Å². The van der Waals surface area contributed by atoms with Crippen molar-refractivity contribution in [3.8, 4) is 5.75 Å². The average molecular weight is 462 g/mol. The zero-order valence-corrected chi connectivity index (χ0v) is 17.2. The first-order valence-corrected chi connectivity index (χ1v) is 9.45. The Labute approximate surface area is 179 Å². The van der Waals surface area contributed by atoms with E-state index in [9.17, 15) is 31.1 Å². The Kier molecular flexibility index (Phi) is 5.92. The summed E-state index contributed by atoms with van der Waals surface area (Å²) in [5.41, 5.74) is -1.50. The first-order valence-electron chi connectivity index (χ1n) is 9.45. The number of pyridine rings is 1. The number of ether oxygens (including phenoxy) is 2. The van der Waals surface area contributed by atoms with Crippen LogP contribution in [0.3, 0.4) is 0 Å². The second kappa shape index (κ2) is 7.95. The minimum atomic E-state index is -4.98. The van der Waals surface area contributed by atoms with Gasteiger partial charge < -0.3 is 15.2 Å². The van der Waals surface area contributed by atoms with Crippen LogP contribution in [-0.2, 0) is 15.1 Å². The summed E-state index contributed by atoms with van der Waals surface area (Å²) in [5.74, 6) is -6.44. The van der Waals surface area contributed by atoms with E-state index >= 15 is 0 Å². The predicted octanol–water partition coefficient (Wildman–Crippen LogP) is 4.62. The molecule has 1 aromatic heterocycles. The van der Waals surface area contributed by atoms with Crippen molar-refractivity contribution < 1.29 is 40.6 Å². The summed E-state index contributed by atoms with van der Waals surface area (Å²) in [5, 5.41) is 0. The second-order valence-corrected chi connectivity index (χ2v) is 7.67. The van der Waals surface area contributed by atoms with E-state index in [0.717, 1.165) is 27.0 Å². The predicted molar refractivity (Wildman–Crippen MR) is 100 cm³/mol. The molecular weight excluding hydrogens is 442 g/mol. The molecule has 1 fully saturated rings. The SMILES string of the molecule is COc1c(C2C(C)C(C)(C(F)(F)F)OC2(C(N)=O)c2ccccn2)ccc(F)c1C(F)F. The lowest BCUT2D eigenvalue weighted by atomic mass is 9.70. The molecule has 5 nitrogen and oxygen atoms in total. The minimum Gasteiger partial charge on any atom is -0.496 e. The van der Waals surface area contributed by atoms with Gasteiger partial charge in [-0.25, -0.2) is 13.2 Å². The van der Waals surface area contributed by atoms with Crippen LogP contribution in [0.1, 0.15) is 43.0 Å². The molecule has 0 aliphatic carbocycles. The fraction of sp³-hybridized carbons (Fsp3) is 0.429. The minimum absolute atomic E-state index is 0.248. The van der Waals surface area contributed by atoms with E-state index in [2.05, 4.69) is 4.98 Å². The molecule has 0 radical (unpaired) electrons. The summed E-state index contributed by atoms with van der Waals surface area (Å²) in [4.78, 5) is 16.8. The molecule has 2 heterocycles. The zero-order valence-electron chi connectivity index (χ0n) is 17.2. The van der Waals surface area contributed by atoms with Crippen molar-refractivity contribution in [3.63, 3.8) is 0 Å². The molecule has 0 bridgehead atoms. The number of amides is 1. The number of nitrogens with two attached hydrogens (primary N) is 1. The van der Waals surface area contributed by atoms with Gasteiger partial charge in [-0.05, 0) is 25.1 Å². The van der Waals surface area contributed by atoms with Crippen molar-refractivity contribution >= 4 is 5.91 Å². The van der Waals surface area contributed by atoms with Gasteiger partial charge in [0.05, 0.1) is 18.4 Å². The zero-order chi connectivity index (χ0) is 24.1. The van der Waals surface area contributed by atoms with Gasteiger partial charge >= 0.3 is 6.18 Å². The highest BCUT2D eigenvalue weighted by molar-refractivity contribution is 5.87. The summed E-state index contributed by atoms with van der Waals surface area (Å²) < 4.78 is 94.4. The van der Waals surface area contributed by atoms with Gasteiger partial charge in [-0.3, -0.25) is 9.78 Å². The van der Waals surface area contributed by atoms with Gasteiger partial charge in [0.2, 0.25) is 0 Å². The third-order valence-corrected chi connectivity index (χ3v) is 6.08. The third-order valence-electron chi connectivity index (χ3n) is 6.08. The number of nitrogens with zero attached hydrogens (tertiary/aromatic N) is 1. The number of rotatable bonds is 5. The number of hydrogen-bond acceptors (Lipinski definition) is 4. The highest BCUT2D eigenvalue weighted by atomic mass is 19.4. The Morgan fingerprint density at radius 1 is 1.25 bits per heavy atom. The number of methoxy groups -OCH3 is 1. The largest absolute Gasteiger partial charge is 0.496 e. The molecule has 1 amide bonds. The maximum absolute atomic E-state index is 14.2. The van der Waals surface area contributed by atoms with Crippen LogP contribution in [0.5, 0.6) is 5.75 Å². The van der Waals surface area contributed by atoms with E-state index in [-0.39, 0.29) is 11.3 Å². The molecule has 0 saturated carbocycles. The molecule has 0 spiro atoms. The van der Waals surface area contributed by atoms with E-state index in [0.29, 0.717) is 6.07 Å². The molecular formula is C21H20F6N2O3. The quantitative estimate of drug-likeness (QED) is 0.659. The fourth-order valence-electron chi connectivity index (χ4n) is 4.36. The van der Waals surface area contributed by atoms with Crippen LogP contribution in [-0.4, -0.2) is 29.8 Å². The van der Waals surface area contributed by atoms with Crippen molar-refractivity contribution in [2.45, 2.75) is 43.6 Å². The Morgan fingerprint density at radius 2 is 1.91 bits per heavy atom. The van der Waals surface area contributed by atoms with Gasteiger partial charge in [-0.15, -0.1) is 0 Å². The average Bonchev–Trinajstić information content (AvgIpc) is 2.97. The van der Waals surface area contributed by atoms with Crippen LogP contribution in [0.15, 0.2) is 36.5 Å². The highest BCUT2D eigenvalue weighted by Crippen LogP contribution is 2.62. The summed E-state index contributed by atoms with van der Waals surface area (Å²) in [6.45, 7) is 1.89. The highest BCUT2D eigenvalue weighted by Gasteiger charge is 2.72. The number of halogens is 6. The lowest BCUT2D eigenvalue weighted by Crippen LogP contribution is -2.50. The summed E-state index contributed by atoms with van der Waals surface area (Å²) in [6.07, 6.45) is -7.09. The normalized spacial score (nSPS) is 28.2. The fourth-order valence-corrected chi connectivity index (χ4v) is 4.36. The number of carbonyl (C=O) groups is 1. The van der Waals surface area contributed by atoms with Crippen molar-refractivity contribution in [3.05, 3.63) is 59.2 Å². The molecule has 4 unspecified atom stereocenters. The topological polar surface area (TPSA) is 74.4 Å². The van der Waals surface area contributed by atoms with Gasteiger partial charge in [-0.1, -0.05) is 19.1 Å². The Morgan fingerprint density at radius 3 is 2.38 bits per heavy atom. The van der Waals surface area contributed by atoms with Crippen LogP contribution in [0.25, 0.3) is 0 Å². The molecule has 2 N–H and O–H groups in total. The Bertz CT molecular complexity index is 1020. The van der Waals surface area contributed by atoms with E-state index < -0.39 is 58.7 Å². The molecule has 1 aliphatic heterocycles. The number of benzene rings is 1. The first-order chi connectivity index (χ1) is 14.8. The van der Waals surface area contributed by atoms with E-state index in [1.54, 1.807) is 0 Å². The number of aromatic nitrogens is 1. The van der Waals surface area contributed by atoms with Gasteiger partial charge in [0.15, 0.2) is 11.2 Å². The standard InChI is InChI=1S/C21H20F6N2O3/c1-10-15(11-7-8-12(22)14(17(23)24)16(11)31-3)20(18(28)30,13-6-4-5-9-29-13)32-19(10,2)21(25,26)27/h4-10,15,17H,1-3H3,(H2,28,30). The van der Waals surface area contributed by atoms with Crippen molar-refractivity contribution in [2.75, 3.05) is 7.11 Å². The molecule has 11 heteroatoms. The second-order valence-electron chi connectivity index (χ2n) is 7.67. The molecule has 2 aromatic rings.